The van der Waals surface area contributed by atoms with Crippen LogP contribution in [0.3, 0.4) is 0 Å². The van der Waals surface area contributed by atoms with Crippen LogP contribution in [0.2, 0.25) is 0 Å². The predicted octanol–water partition coefficient (Wildman–Crippen LogP) is 1.20. The molecule has 3 heteroatoms. The number of hydrogen-bond acceptors (Lipinski definition) is 2. The molecule has 0 aromatic rings. The maximum absolute atomic E-state index is 10.2. The van der Waals surface area contributed by atoms with Gasteiger partial charge < -0.3 is 9.90 Å². The first-order valence-electron chi connectivity index (χ1n) is 4.01. The summed E-state index contributed by atoms with van der Waals surface area (Å²) in [6.07, 6.45) is 1.11. The summed E-state index contributed by atoms with van der Waals surface area (Å²) in [6, 6.07) is 0. The Kier molecular flexibility index (Phi) is 6.78. The van der Waals surface area contributed by atoms with E-state index in [1.807, 2.05) is 6.92 Å². The molecule has 0 spiro atoms. The van der Waals surface area contributed by atoms with Gasteiger partial charge in [-0.3, -0.25) is 0 Å². The Bertz CT molecular complexity index is 138. The Labute approximate surface area is 85.2 Å². The second-order valence-electron chi connectivity index (χ2n) is 4.45. The third-order valence-electron chi connectivity index (χ3n) is 1.48. The van der Waals surface area contributed by atoms with Crippen molar-refractivity contribution in [3.8, 4) is 0 Å². The van der Waals surface area contributed by atoms with Crippen molar-refractivity contribution in [2.75, 3.05) is 0 Å². The van der Waals surface area contributed by atoms with Crippen LogP contribution in [0, 0.1) is 11.3 Å². The van der Waals surface area contributed by atoms with Crippen molar-refractivity contribution in [2.45, 2.75) is 40.5 Å². The molecule has 0 rings (SSSR count). The van der Waals surface area contributed by atoms with Crippen molar-refractivity contribution >= 4 is 5.97 Å². The van der Waals surface area contributed by atoms with E-state index in [1.54, 1.807) is 0 Å². The van der Waals surface area contributed by atoms with Gasteiger partial charge in [0.25, 0.3) is 0 Å². The van der Waals surface area contributed by atoms with Crippen LogP contribution in [-0.4, -0.2) is 5.97 Å². The van der Waals surface area contributed by atoms with Gasteiger partial charge in [-0.25, -0.2) is 0 Å². The maximum atomic E-state index is 10.2. The van der Waals surface area contributed by atoms with E-state index in [1.165, 1.54) is 0 Å². The molecular formula is C9H17MnO2+. The molecule has 0 aliphatic rings. The van der Waals surface area contributed by atoms with Crippen molar-refractivity contribution in [1.82, 2.24) is 0 Å². The van der Waals surface area contributed by atoms with Gasteiger partial charge in [-0.2, -0.15) is 0 Å². The van der Waals surface area contributed by atoms with Gasteiger partial charge in [0.15, 0.2) is 0 Å². The number of carboxylic acids is 1. The Hall–Kier alpha value is -0.0105. The molecule has 0 aromatic heterocycles. The van der Waals surface area contributed by atoms with Gasteiger partial charge in [-0.15, -0.1) is 0 Å². The van der Waals surface area contributed by atoms with Gasteiger partial charge in [0.1, 0.15) is 0 Å². The normalized spacial score (nSPS) is 13.3. The molecule has 0 aliphatic carbocycles. The summed E-state index contributed by atoms with van der Waals surface area (Å²) in [6.45, 7) is 8.28. The average Bonchev–Trinajstić information content (AvgIpc) is 1.53. The minimum atomic E-state index is -0.943. The number of carbonyl (C=O) groups is 1. The zero-order chi connectivity index (χ0) is 9.07. The summed E-state index contributed by atoms with van der Waals surface area (Å²) in [4.78, 5) is 10.2. The Morgan fingerprint density at radius 1 is 1.42 bits per heavy atom. The standard InChI is InChI=1S/C9H18O2.Mn/c1-7(5-8(10)11)6-9(2,3)4;/h7H,5-6H2,1-4H3,(H,10,11);/q;+2/p-1. The fourth-order valence-corrected chi connectivity index (χ4v) is 1.40. The molecule has 0 aliphatic heterocycles. The predicted molar refractivity (Wildman–Crippen MR) is 42.9 cm³/mol. The molecule has 0 amide bonds. The third-order valence-corrected chi connectivity index (χ3v) is 1.48. The fourth-order valence-electron chi connectivity index (χ4n) is 1.40. The van der Waals surface area contributed by atoms with Crippen molar-refractivity contribution in [2.24, 2.45) is 11.3 Å². The van der Waals surface area contributed by atoms with Crippen LogP contribution < -0.4 is 5.11 Å². The van der Waals surface area contributed by atoms with Gasteiger partial charge >= 0.3 is 17.1 Å². The zero-order valence-electron chi connectivity index (χ0n) is 8.19. The molecule has 1 unspecified atom stereocenters. The van der Waals surface area contributed by atoms with Crippen LogP contribution in [0.15, 0.2) is 0 Å². The topological polar surface area (TPSA) is 40.1 Å². The summed E-state index contributed by atoms with van der Waals surface area (Å²) in [5.41, 5.74) is 0.217. The number of carbonyl (C=O) groups excluding carboxylic acids is 1. The molecule has 2 nitrogen and oxygen atoms in total. The molecule has 0 aromatic carbocycles. The quantitative estimate of drug-likeness (QED) is 0.659. The molecule has 0 saturated heterocycles. The molecule has 0 saturated carbocycles. The first-order chi connectivity index (χ1) is 4.81. The van der Waals surface area contributed by atoms with Crippen LogP contribution in [-0.2, 0) is 21.9 Å². The second kappa shape index (κ2) is 5.60. The number of hydrogen-bond donors (Lipinski definition) is 0. The smallest absolute Gasteiger partial charge is 0.550 e. The minimum absolute atomic E-state index is 0. The Morgan fingerprint density at radius 3 is 2.08 bits per heavy atom. The van der Waals surface area contributed by atoms with Gasteiger partial charge in [-0.05, 0) is 24.2 Å². The first kappa shape index (κ1) is 14.5. The first-order valence-corrected chi connectivity index (χ1v) is 4.01. The molecule has 0 N–H and O–H groups in total. The molecular weight excluding hydrogens is 195 g/mol. The Morgan fingerprint density at radius 2 is 1.83 bits per heavy atom. The Balaban J connectivity index is 0. The van der Waals surface area contributed by atoms with E-state index in [9.17, 15) is 9.90 Å². The molecule has 1 atom stereocenters. The van der Waals surface area contributed by atoms with Gasteiger partial charge in [-0.1, -0.05) is 27.7 Å². The van der Waals surface area contributed by atoms with Crippen molar-refractivity contribution in [1.29, 1.82) is 0 Å². The molecule has 0 bridgehead atoms. The number of carboxylic acid groups (broad SMARTS) is 1. The van der Waals surface area contributed by atoms with E-state index < -0.39 is 5.97 Å². The number of aliphatic carboxylic acids is 1. The van der Waals surface area contributed by atoms with E-state index in [-0.39, 0.29) is 34.8 Å². The molecule has 12 heavy (non-hydrogen) atoms. The largest absolute Gasteiger partial charge is 2.00 e. The summed E-state index contributed by atoms with van der Waals surface area (Å²) in [7, 11) is 0. The average molecular weight is 212 g/mol. The van der Waals surface area contributed by atoms with Crippen LogP contribution in [0.5, 0.6) is 0 Å². The van der Waals surface area contributed by atoms with E-state index in [4.69, 9.17) is 0 Å². The van der Waals surface area contributed by atoms with E-state index in [0.29, 0.717) is 0 Å². The zero-order valence-corrected chi connectivity index (χ0v) is 9.37. The van der Waals surface area contributed by atoms with Crippen LogP contribution in [0.1, 0.15) is 40.5 Å². The summed E-state index contributed by atoms with van der Waals surface area (Å²) in [5.74, 6) is -0.721. The van der Waals surface area contributed by atoms with E-state index in [0.717, 1.165) is 6.42 Å². The number of rotatable bonds is 3. The monoisotopic (exact) mass is 212 g/mol. The third kappa shape index (κ3) is 9.99. The van der Waals surface area contributed by atoms with Crippen molar-refractivity contribution in [3.63, 3.8) is 0 Å². The maximum Gasteiger partial charge on any atom is 2.00 e. The van der Waals surface area contributed by atoms with Gasteiger partial charge in [0.2, 0.25) is 0 Å². The molecule has 71 valence electrons. The van der Waals surface area contributed by atoms with Crippen LogP contribution in [0.4, 0.5) is 0 Å². The second-order valence-corrected chi connectivity index (χ2v) is 4.45. The summed E-state index contributed by atoms with van der Waals surface area (Å²) in [5, 5.41) is 10.2. The molecule has 1 radical (unpaired) electrons. The minimum Gasteiger partial charge on any atom is -0.550 e. The van der Waals surface area contributed by atoms with Crippen LogP contribution >= 0.6 is 0 Å². The van der Waals surface area contributed by atoms with Crippen molar-refractivity contribution < 1.29 is 27.0 Å². The fraction of sp³-hybridized carbons (Fsp3) is 0.889. The summed E-state index contributed by atoms with van der Waals surface area (Å²) < 4.78 is 0. The van der Waals surface area contributed by atoms with Gasteiger partial charge in [0, 0.05) is 5.97 Å². The van der Waals surface area contributed by atoms with E-state index in [2.05, 4.69) is 20.8 Å². The van der Waals surface area contributed by atoms with Gasteiger partial charge in [0.05, 0.1) is 0 Å². The SMILES string of the molecule is CC(CC(=O)[O-])CC(C)(C)C.[Mn+2]. The van der Waals surface area contributed by atoms with E-state index >= 15 is 0 Å². The van der Waals surface area contributed by atoms with Crippen LogP contribution in [0.25, 0.3) is 0 Å². The van der Waals surface area contributed by atoms with Crippen molar-refractivity contribution in [3.05, 3.63) is 0 Å². The molecule has 0 fully saturated rings. The molecule has 0 heterocycles. The summed E-state index contributed by atoms with van der Waals surface area (Å²) >= 11 is 0.